The van der Waals surface area contributed by atoms with Crippen molar-refractivity contribution in [1.82, 2.24) is 0 Å². The number of ether oxygens (including phenoxy) is 1. The van der Waals surface area contributed by atoms with Gasteiger partial charge in [0.15, 0.2) is 0 Å². The molecule has 1 N–H and O–H groups in total. The second kappa shape index (κ2) is 7.86. The van der Waals surface area contributed by atoms with E-state index in [1.165, 1.54) is 6.07 Å². The van der Waals surface area contributed by atoms with Crippen molar-refractivity contribution in [3.63, 3.8) is 0 Å². The van der Waals surface area contributed by atoms with Crippen LogP contribution in [0.2, 0.25) is 0 Å². The van der Waals surface area contributed by atoms with Crippen LogP contribution in [0.4, 0.5) is 4.39 Å². The normalized spacial score (nSPS) is 11.8. The van der Waals surface area contributed by atoms with E-state index in [2.05, 4.69) is 11.8 Å². The van der Waals surface area contributed by atoms with Crippen molar-refractivity contribution in [2.75, 3.05) is 6.61 Å². The van der Waals surface area contributed by atoms with Gasteiger partial charge in [0.2, 0.25) is 0 Å². The summed E-state index contributed by atoms with van der Waals surface area (Å²) in [5.41, 5.74) is 1.16. The van der Waals surface area contributed by atoms with E-state index in [-0.39, 0.29) is 25.1 Å². The third-order valence-corrected chi connectivity index (χ3v) is 2.62. The van der Waals surface area contributed by atoms with Crippen molar-refractivity contribution >= 4 is 0 Å². The Labute approximate surface area is 108 Å². The first kappa shape index (κ1) is 14.7. The van der Waals surface area contributed by atoms with E-state index in [9.17, 15) is 4.39 Å². The number of hydrogen-bond donors (Lipinski definition) is 1. The van der Waals surface area contributed by atoms with Crippen LogP contribution in [0.1, 0.15) is 37.8 Å². The number of aliphatic hydroxyl groups is 1. The highest BCUT2D eigenvalue weighted by Crippen LogP contribution is 2.12. The molecular formula is C15H19FO2. The molecule has 1 rings (SSSR count). The number of rotatable bonds is 5. The topological polar surface area (TPSA) is 29.5 Å². The van der Waals surface area contributed by atoms with Crippen molar-refractivity contribution in [2.45, 2.75) is 39.4 Å². The van der Waals surface area contributed by atoms with Crippen molar-refractivity contribution in [1.29, 1.82) is 0 Å². The third-order valence-electron chi connectivity index (χ3n) is 2.62. The highest BCUT2D eigenvalue weighted by atomic mass is 19.1. The molecule has 0 aromatic heterocycles. The van der Waals surface area contributed by atoms with Crippen LogP contribution in [0.25, 0.3) is 0 Å². The molecule has 98 valence electrons. The number of halogens is 1. The van der Waals surface area contributed by atoms with Crippen LogP contribution in [0, 0.1) is 17.7 Å². The number of benzene rings is 1. The molecule has 2 nitrogen and oxygen atoms in total. The summed E-state index contributed by atoms with van der Waals surface area (Å²) < 4.78 is 19.2. The van der Waals surface area contributed by atoms with Crippen LogP contribution >= 0.6 is 0 Å². The molecule has 0 radical (unpaired) electrons. The van der Waals surface area contributed by atoms with E-state index >= 15 is 0 Å². The van der Waals surface area contributed by atoms with Gasteiger partial charge in [0.1, 0.15) is 5.82 Å². The zero-order valence-electron chi connectivity index (χ0n) is 10.9. The second-order valence-corrected chi connectivity index (χ2v) is 4.11. The first-order valence-corrected chi connectivity index (χ1v) is 6.17. The lowest BCUT2D eigenvalue weighted by Gasteiger charge is -2.11. The lowest BCUT2D eigenvalue weighted by atomic mass is 10.1. The Bertz CT molecular complexity index is 432. The average molecular weight is 250 g/mol. The largest absolute Gasteiger partial charge is 0.395 e. The molecule has 0 amide bonds. The summed E-state index contributed by atoms with van der Waals surface area (Å²) in [7, 11) is 0. The zero-order chi connectivity index (χ0) is 13.4. The second-order valence-electron chi connectivity index (χ2n) is 4.11. The molecular weight excluding hydrogens is 231 g/mol. The van der Waals surface area contributed by atoms with Crippen LogP contribution < -0.4 is 0 Å². The van der Waals surface area contributed by atoms with Crippen molar-refractivity contribution < 1.29 is 14.2 Å². The van der Waals surface area contributed by atoms with E-state index in [1.54, 1.807) is 12.1 Å². The molecule has 18 heavy (non-hydrogen) atoms. The summed E-state index contributed by atoms with van der Waals surface area (Å²) in [6, 6.07) is 4.86. The molecule has 0 aliphatic rings. The average Bonchev–Trinajstić information content (AvgIpc) is 2.37. The summed E-state index contributed by atoms with van der Waals surface area (Å²) in [5, 5.41) is 8.60. The van der Waals surface area contributed by atoms with Gasteiger partial charge >= 0.3 is 0 Å². The van der Waals surface area contributed by atoms with Gasteiger partial charge in [-0.05, 0) is 25.5 Å². The minimum atomic E-state index is -0.297. The van der Waals surface area contributed by atoms with Gasteiger partial charge in [-0.2, -0.15) is 0 Å². The molecule has 0 aliphatic heterocycles. The minimum absolute atomic E-state index is 0.0241. The molecule has 1 aromatic rings. The maximum Gasteiger partial charge on any atom is 0.129 e. The molecule has 0 fully saturated rings. The fraction of sp³-hybridized carbons (Fsp3) is 0.467. The molecule has 0 aliphatic carbocycles. The summed E-state index contributed by atoms with van der Waals surface area (Å²) in [4.78, 5) is 0. The Kier molecular flexibility index (Phi) is 6.42. The van der Waals surface area contributed by atoms with Crippen LogP contribution in [-0.2, 0) is 11.3 Å². The van der Waals surface area contributed by atoms with Gasteiger partial charge in [-0.25, -0.2) is 4.39 Å². The first-order chi connectivity index (χ1) is 8.67. The summed E-state index contributed by atoms with van der Waals surface area (Å²) in [6.07, 6.45) is 1.45. The van der Waals surface area contributed by atoms with Crippen LogP contribution in [-0.4, -0.2) is 17.8 Å². The van der Waals surface area contributed by atoms with E-state index in [0.717, 1.165) is 6.42 Å². The van der Waals surface area contributed by atoms with Gasteiger partial charge in [0.25, 0.3) is 0 Å². The lowest BCUT2D eigenvalue weighted by Crippen LogP contribution is -2.07. The van der Waals surface area contributed by atoms with E-state index in [0.29, 0.717) is 17.5 Å². The van der Waals surface area contributed by atoms with Crippen molar-refractivity contribution in [3.05, 3.63) is 35.1 Å². The fourth-order valence-corrected chi connectivity index (χ4v) is 1.31. The van der Waals surface area contributed by atoms with Crippen LogP contribution in [0.15, 0.2) is 18.2 Å². The monoisotopic (exact) mass is 250 g/mol. The van der Waals surface area contributed by atoms with Gasteiger partial charge in [0, 0.05) is 17.5 Å². The first-order valence-electron chi connectivity index (χ1n) is 6.17. The van der Waals surface area contributed by atoms with E-state index in [4.69, 9.17) is 9.84 Å². The molecule has 1 atom stereocenters. The summed E-state index contributed by atoms with van der Waals surface area (Å²) in [5.74, 6) is 5.26. The SMILES string of the molecule is CCC(C)OCc1ccc(C#CCCO)cc1F. The van der Waals surface area contributed by atoms with Crippen LogP contribution in [0.3, 0.4) is 0 Å². The molecule has 0 bridgehead atoms. The Morgan fingerprint density at radius 1 is 1.44 bits per heavy atom. The lowest BCUT2D eigenvalue weighted by molar-refractivity contribution is 0.0492. The smallest absolute Gasteiger partial charge is 0.129 e. The van der Waals surface area contributed by atoms with Gasteiger partial charge < -0.3 is 9.84 Å². The zero-order valence-corrected chi connectivity index (χ0v) is 10.9. The number of aliphatic hydroxyl groups excluding tert-OH is 1. The maximum atomic E-state index is 13.7. The Morgan fingerprint density at radius 2 is 2.22 bits per heavy atom. The highest BCUT2D eigenvalue weighted by Gasteiger charge is 2.05. The molecule has 0 spiro atoms. The molecule has 0 saturated heterocycles. The fourth-order valence-electron chi connectivity index (χ4n) is 1.31. The summed E-state index contributed by atoms with van der Waals surface area (Å²) in [6.45, 7) is 4.30. The van der Waals surface area contributed by atoms with Crippen LogP contribution in [0.5, 0.6) is 0 Å². The maximum absolute atomic E-state index is 13.7. The Balaban J connectivity index is 2.65. The third kappa shape index (κ3) is 4.87. The standard InChI is InChI=1S/C15H19FO2/c1-3-12(2)18-11-14-8-7-13(10-15(14)16)6-4-5-9-17/h7-8,10,12,17H,3,5,9,11H2,1-2H3. The number of hydrogen-bond acceptors (Lipinski definition) is 2. The van der Waals surface area contributed by atoms with Gasteiger partial charge in [-0.3, -0.25) is 0 Å². The molecule has 1 unspecified atom stereocenters. The van der Waals surface area contributed by atoms with Crippen molar-refractivity contribution in [2.24, 2.45) is 0 Å². The Morgan fingerprint density at radius 3 is 2.83 bits per heavy atom. The quantitative estimate of drug-likeness (QED) is 0.814. The van der Waals surface area contributed by atoms with Gasteiger partial charge in [0.05, 0.1) is 19.3 Å². The predicted molar refractivity (Wildman–Crippen MR) is 69.5 cm³/mol. The molecule has 0 heterocycles. The summed E-state index contributed by atoms with van der Waals surface area (Å²) >= 11 is 0. The predicted octanol–water partition coefficient (Wildman–Crippen LogP) is 2.87. The van der Waals surface area contributed by atoms with Gasteiger partial charge in [-0.1, -0.05) is 24.8 Å². The molecule has 3 heteroatoms. The molecule has 0 saturated carbocycles. The van der Waals surface area contributed by atoms with E-state index < -0.39 is 0 Å². The minimum Gasteiger partial charge on any atom is -0.395 e. The van der Waals surface area contributed by atoms with Gasteiger partial charge in [-0.15, -0.1) is 0 Å². The van der Waals surface area contributed by atoms with Crippen molar-refractivity contribution in [3.8, 4) is 11.8 Å². The Hall–Kier alpha value is -1.37. The van der Waals surface area contributed by atoms with E-state index in [1.807, 2.05) is 13.8 Å². The highest BCUT2D eigenvalue weighted by molar-refractivity contribution is 5.36. The molecule has 1 aromatic carbocycles.